The third kappa shape index (κ3) is 5.88. The van der Waals surface area contributed by atoms with E-state index in [2.05, 4.69) is 21.2 Å². The number of hydrogen-bond acceptors (Lipinski definition) is 4. The number of halogens is 1. The molecule has 184 valence electrons. The molecule has 2 aromatic carbocycles. The van der Waals surface area contributed by atoms with E-state index in [0.29, 0.717) is 23.1 Å². The van der Waals surface area contributed by atoms with Gasteiger partial charge in [0, 0.05) is 23.2 Å². The van der Waals surface area contributed by atoms with Crippen LogP contribution in [0.25, 0.3) is 10.9 Å². The second kappa shape index (κ2) is 11.2. The summed E-state index contributed by atoms with van der Waals surface area (Å²) in [4.78, 5) is 29.1. The molecule has 0 aliphatic heterocycles. The molecule has 1 unspecified atom stereocenters. The molecule has 3 N–H and O–H groups in total. The van der Waals surface area contributed by atoms with Crippen LogP contribution in [-0.4, -0.2) is 30.1 Å². The number of carbonyl (C=O) groups is 2. The normalized spacial score (nSPS) is 18.5. The summed E-state index contributed by atoms with van der Waals surface area (Å²) in [7, 11) is 1.56. The second-order valence-electron chi connectivity index (χ2n) is 8.97. The lowest BCUT2D eigenvalue weighted by Crippen LogP contribution is -2.51. The maximum atomic E-state index is 13.9. The number of nitrogens with zero attached hydrogens (tertiary/aromatic N) is 1. The first-order valence-corrected chi connectivity index (χ1v) is 12.0. The van der Waals surface area contributed by atoms with Crippen molar-refractivity contribution in [3.63, 3.8) is 0 Å². The van der Waals surface area contributed by atoms with Crippen LogP contribution in [0.3, 0.4) is 0 Å². The highest BCUT2D eigenvalue weighted by Crippen LogP contribution is 2.39. The standard InChI is InChI=1S/C27H31FN4O3/c1-3-24(30-27(34)32-31-26(33)19-8-11-21(35-2)12-9-19)18-6-4-17(5-7-18)22-14-15-29-25-13-10-20(28)16-23(22)25/h8-18,24H,3-7H2,1-2H3,(H,31,33)(H2,30,32,34). The van der Waals surface area contributed by atoms with E-state index < -0.39 is 11.9 Å². The summed E-state index contributed by atoms with van der Waals surface area (Å²) in [5.41, 5.74) is 7.27. The first-order valence-electron chi connectivity index (χ1n) is 12.0. The lowest BCUT2D eigenvalue weighted by Gasteiger charge is -2.34. The van der Waals surface area contributed by atoms with Gasteiger partial charge in [-0.3, -0.25) is 15.2 Å². The summed E-state index contributed by atoms with van der Waals surface area (Å²) in [5.74, 6) is 0.674. The number of fused-ring (bicyclic) bond motifs is 1. The average Bonchev–Trinajstić information content (AvgIpc) is 2.90. The summed E-state index contributed by atoms with van der Waals surface area (Å²) >= 11 is 0. The number of methoxy groups -OCH3 is 1. The summed E-state index contributed by atoms with van der Waals surface area (Å²) in [5, 5.41) is 3.89. The summed E-state index contributed by atoms with van der Waals surface area (Å²) in [6, 6.07) is 12.9. The molecule has 1 aliphatic rings. The Morgan fingerprint density at radius 1 is 1.06 bits per heavy atom. The van der Waals surface area contributed by atoms with Gasteiger partial charge in [0.05, 0.1) is 12.6 Å². The minimum atomic E-state index is -0.434. The Bertz CT molecular complexity index is 1180. The monoisotopic (exact) mass is 478 g/mol. The number of amides is 3. The van der Waals surface area contributed by atoms with E-state index >= 15 is 0 Å². The van der Waals surface area contributed by atoms with E-state index in [1.807, 2.05) is 13.0 Å². The SMILES string of the molecule is CCC(NC(=O)NNC(=O)c1ccc(OC)cc1)C1CCC(c2ccnc3ccc(F)cc23)CC1. The molecular formula is C27H31FN4O3. The quantitative estimate of drug-likeness (QED) is 0.431. The van der Waals surface area contributed by atoms with E-state index in [9.17, 15) is 14.0 Å². The first-order chi connectivity index (χ1) is 17.0. The molecule has 1 atom stereocenters. The van der Waals surface area contributed by atoms with E-state index in [-0.39, 0.29) is 11.9 Å². The summed E-state index contributed by atoms with van der Waals surface area (Å²) in [6.45, 7) is 2.05. The highest BCUT2D eigenvalue weighted by molar-refractivity contribution is 5.95. The molecule has 7 nitrogen and oxygen atoms in total. The predicted molar refractivity (Wildman–Crippen MR) is 133 cm³/mol. The zero-order chi connectivity index (χ0) is 24.8. The Kier molecular flexibility index (Phi) is 7.80. The molecule has 0 spiro atoms. The predicted octanol–water partition coefficient (Wildman–Crippen LogP) is 5.08. The van der Waals surface area contributed by atoms with Crippen LogP contribution in [0.1, 0.15) is 60.9 Å². The maximum Gasteiger partial charge on any atom is 0.333 e. The Balaban J connectivity index is 1.30. The van der Waals surface area contributed by atoms with Crippen LogP contribution in [0.4, 0.5) is 9.18 Å². The second-order valence-corrected chi connectivity index (χ2v) is 8.97. The Labute approximate surface area is 204 Å². The molecule has 1 aromatic heterocycles. The van der Waals surface area contributed by atoms with Crippen molar-refractivity contribution in [1.82, 2.24) is 21.2 Å². The number of benzene rings is 2. The van der Waals surface area contributed by atoms with Gasteiger partial charge in [-0.1, -0.05) is 6.92 Å². The number of hydrogen-bond donors (Lipinski definition) is 3. The molecule has 1 aliphatic carbocycles. The lowest BCUT2D eigenvalue weighted by atomic mass is 9.75. The van der Waals surface area contributed by atoms with Crippen LogP contribution >= 0.6 is 0 Å². The molecule has 4 rings (SSSR count). The fourth-order valence-electron chi connectivity index (χ4n) is 5.01. The zero-order valence-corrected chi connectivity index (χ0v) is 20.0. The molecule has 1 fully saturated rings. The van der Waals surface area contributed by atoms with Crippen molar-refractivity contribution in [2.24, 2.45) is 5.92 Å². The number of rotatable bonds is 6. The van der Waals surface area contributed by atoms with Crippen molar-refractivity contribution >= 4 is 22.8 Å². The minimum Gasteiger partial charge on any atom is -0.497 e. The van der Waals surface area contributed by atoms with Crippen molar-refractivity contribution < 1.29 is 18.7 Å². The van der Waals surface area contributed by atoms with Gasteiger partial charge in [-0.2, -0.15) is 0 Å². The molecule has 0 saturated heterocycles. The topological polar surface area (TPSA) is 92.4 Å². The van der Waals surface area contributed by atoms with Crippen molar-refractivity contribution in [3.8, 4) is 5.75 Å². The van der Waals surface area contributed by atoms with Crippen LogP contribution in [-0.2, 0) is 0 Å². The van der Waals surface area contributed by atoms with Gasteiger partial charge in [0.1, 0.15) is 11.6 Å². The average molecular weight is 479 g/mol. The maximum absolute atomic E-state index is 13.9. The number of carbonyl (C=O) groups excluding carboxylic acids is 2. The minimum absolute atomic E-state index is 0.000433. The number of ether oxygens (including phenoxy) is 1. The highest BCUT2D eigenvalue weighted by Gasteiger charge is 2.29. The van der Waals surface area contributed by atoms with Crippen LogP contribution in [0.15, 0.2) is 54.7 Å². The van der Waals surface area contributed by atoms with Gasteiger partial charge in [-0.05, 0) is 98.0 Å². The molecule has 35 heavy (non-hydrogen) atoms. The Morgan fingerprint density at radius 2 is 1.80 bits per heavy atom. The van der Waals surface area contributed by atoms with Crippen LogP contribution in [0.5, 0.6) is 5.75 Å². The van der Waals surface area contributed by atoms with E-state index in [0.717, 1.165) is 48.6 Å². The zero-order valence-electron chi connectivity index (χ0n) is 20.0. The first kappa shape index (κ1) is 24.4. The van der Waals surface area contributed by atoms with Crippen molar-refractivity contribution in [2.75, 3.05) is 7.11 Å². The smallest absolute Gasteiger partial charge is 0.333 e. The molecule has 1 saturated carbocycles. The third-order valence-corrected chi connectivity index (χ3v) is 6.92. The van der Waals surface area contributed by atoms with Gasteiger partial charge >= 0.3 is 6.03 Å². The number of pyridine rings is 1. The van der Waals surface area contributed by atoms with E-state index in [1.54, 1.807) is 49.7 Å². The number of urea groups is 1. The van der Waals surface area contributed by atoms with Gasteiger partial charge < -0.3 is 10.1 Å². The highest BCUT2D eigenvalue weighted by atomic mass is 19.1. The molecule has 1 heterocycles. The van der Waals surface area contributed by atoms with Gasteiger partial charge in [0.15, 0.2) is 0 Å². The van der Waals surface area contributed by atoms with Crippen molar-refractivity contribution in [3.05, 3.63) is 71.7 Å². The number of hydrazine groups is 1. The van der Waals surface area contributed by atoms with Crippen LogP contribution in [0.2, 0.25) is 0 Å². The number of nitrogens with one attached hydrogen (secondary N) is 3. The van der Waals surface area contributed by atoms with Gasteiger partial charge in [-0.15, -0.1) is 0 Å². The molecule has 0 bridgehead atoms. The Morgan fingerprint density at radius 3 is 2.49 bits per heavy atom. The van der Waals surface area contributed by atoms with Gasteiger partial charge in [0.25, 0.3) is 5.91 Å². The lowest BCUT2D eigenvalue weighted by molar-refractivity contribution is 0.0935. The van der Waals surface area contributed by atoms with Crippen LogP contribution in [0, 0.1) is 11.7 Å². The van der Waals surface area contributed by atoms with E-state index in [1.165, 1.54) is 6.07 Å². The molecule has 8 heteroatoms. The fourth-order valence-corrected chi connectivity index (χ4v) is 5.01. The molecular weight excluding hydrogens is 447 g/mol. The fraction of sp³-hybridized carbons (Fsp3) is 0.370. The molecule has 3 aromatic rings. The Hall–Kier alpha value is -3.68. The summed E-state index contributed by atoms with van der Waals surface area (Å²) in [6.07, 6.45) is 6.44. The van der Waals surface area contributed by atoms with Crippen molar-refractivity contribution in [2.45, 2.75) is 51.0 Å². The van der Waals surface area contributed by atoms with Gasteiger partial charge in [-0.25, -0.2) is 14.6 Å². The van der Waals surface area contributed by atoms with E-state index in [4.69, 9.17) is 4.74 Å². The van der Waals surface area contributed by atoms with Crippen LogP contribution < -0.4 is 20.9 Å². The largest absolute Gasteiger partial charge is 0.497 e. The molecule has 0 radical (unpaired) electrons. The summed E-state index contributed by atoms with van der Waals surface area (Å²) < 4.78 is 18.9. The number of aromatic nitrogens is 1. The molecule has 3 amide bonds. The van der Waals surface area contributed by atoms with Gasteiger partial charge in [0.2, 0.25) is 0 Å². The van der Waals surface area contributed by atoms with Crippen molar-refractivity contribution in [1.29, 1.82) is 0 Å². The third-order valence-electron chi connectivity index (χ3n) is 6.92.